The number of hydrogen-bond acceptors (Lipinski definition) is 2. The first-order valence-corrected chi connectivity index (χ1v) is 6.95. The Kier molecular flexibility index (Phi) is 4.27. The van der Waals surface area contributed by atoms with E-state index >= 15 is 0 Å². The van der Waals surface area contributed by atoms with Crippen molar-refractivity contribution in [3.63, 3.8) is 0 Å². The zero-order chi connectivity index (χ0) is 14.7. The van der Waals surface area contributed by atoms with Crippen molar-refractivity contribution in [3.8, 4) is 0 Å². The van der Waals surface area contributed by atoms with E-state index in [4.69, 9.17) is 5.11 Å². The predicted octanol–water partition coefficient (Wildman–Crippen LogP) is 2.55. The molecule has 0 unspecified atom stereocenters. The molecule has 0 bridgehead atoms. The Morgan fingerprint density at radius 3 is 2.55 bits per heavy atom. The molecular weight excluding hydrogens is 256 g/mol. The summed E-state index contributed by atoms with van der Waals surface area (Å²) in [6, 6.07) is 5.10. The van der Waals surface area contributed by atoms with Gasteiger partial charge in [0.15, 0.2) is 0 Å². The highest BCUT2D eigenvalue weighted by Gasteiger charge is 2.26. The Hall–Kier alpha value is -2.04. The largest absolute Gasteiger partial charge is 0.478 e. The highest BCUT2D eigenvalue weighted by molar-refractivity contribution is 5.88. The highest BCUT2D eigenvalue weighted by atomic mass is 16.4. The lowest BCUT2D eigenvalue weighted by molar-refractivity contribution is 0.0696. The van der Waals surface area contributed by atoms with Crippen LogP contribution in [-0.4, -0.2) is 40.0 Å². The van der Waals surface area contributed by atoms with Crippen molar-refractivity contribution in [1.29, 1.82) is 0 Å². The molecule has 0 radical (unpaired) electrons. The van der Waals surface area contributed by atoms with Crippen molar-refractivity contribution in [2.75, 3.05) is 13.1 Å². The smallest absolute Gasteiger partial charge is 0.335 e. The third-order valence-corrected chi connectivity index (χ3v) is 3.59. The van der Waals surface area contributed by atoms with E-state index < -0.39 is 5.97 Å². The SMILES string of the molecule is CCCN(CC)C(=O)N1Cc2ccc(C(=O)O)cc2C1. The first kappa shape index (κ1) is 14.4. The normalized spacial score (nSPS) is 13.2. The standard InChI is InChI=1S/C15H20N2O3/c1-3-7-16(4-2)15(20)17-9-12-6-5-11(14(18)19)8-13(12)10-17/h5-6,8H,3-4,7,9-10H2,1-2H3,(H,18,19). The van der Waals surface area contributed by atoms with Crippen LogP contribution in [0.4, 0.5) is 4.79 Å². The third kappa shape index (κ3) is 2.76. The summed E-state index contributed by atoms with van der Waals surface area (Å²) in [6.07, 6.45) is 0.934. The molecule has 108 valence electrons. The monoisotopic (exact) mass is 276 g/mol. The zero-order valence-corrected chi connectivity index (χ0v) is 11.9. The molecule has 1 N–H and O–H groups in total. The number of carboxylic acid groups (broad SMARTS) is 1. The maximum absolute atomic E-state index is 12.4. The molecule has 0 saturated heterocycles. The summed E-state index contributed by atoms with van der Waals surface area (Å²) in [4.78, 5) is 27.0. The molecule has 0 spiro atoms. The van der Waals surface area contributed by atoms with Gasteiger partial charge in [0.25, 0.3) is 0 Å². The van der Waals surface area contributed by atoms with E-state index in [1.807, 2.05) is 24.8 Å². The zero-order valence-electron chi connectivity index (χ0n) is 11.9. The molecular formula is C15H20N2O3. The fourth-order valence-electron chi connectivity index (χ4n) is 2.52. The van der Waals surface area contributed by atoms with Gasteiger partial charge in [-0.2, -0.15) is 0 Å². The summed E-state index contributed by atoms with van der Waals surface area (Å²) >= 11 is 0. The van der Waals surface area contributed by atoms with Crippen molar-refractivity contribution in [3.05, 3.63) is 34.9 Å². The Bertz CT molecular complexity index is 528. The van der Waals surface area contributed by atoms with Gasteiger partial charge < -0.3 is 14.9 Å². The quantitative estimate of drug-likeness (QED) is 0.919. The van der Waals surface area contributed by atoms with E-state index in [9.17, 15) is 9.59 Å². The number of urea groups is 1. The summed E-state index contributed by atoms with van der Waals surface area (Å²) in [7, 11) is 0. The number of rotatable bonds is 4. The van der Waals surface area contributed by atoms with Crippen LogP contribution in [0.3, 0.4) is 0 Å². The second-order valence-corrected chi connectivity index (χ2v) is 5.01. The van der Waals surface area contributed by atoms with E-state index in [2.05, 4.69) is 0 Å². The molecule has 5 nitrogen and oxygen atoms in total. The number of hydrogen-bond donors (Lipinski definition) is 1. The van der Waals surface area contributed by atoms with E-state index in [1.165, 1.54) is 0 Å². The average molecular weight is 276 g/mol. The minimum absolute atomic E-state index is 0.0300. The van der Waals surface area contributed by atoms with Crippen molar-refractivity contribution in [2.24, 2.45) is 0 Å². The van der Waals surface area contributed by atoms with Crippen LogP contribution in [0, 0.1) is 0 Å². The maximum atomic E-state index is 12.4. The number of carbonyl (C=O) groups excluding carboxylic acids is 1. The van der Waals surface area contributed by atoms with Gasteiger partial charge in [0, 0.05) is 26.2 Å². The van der Waals surface area contributed by atoms with Gasteiger partial charge in [-0.25, -0.2) is 9.59 Å². The molecule has 1 aliphatic rings. The topological polar surface area (TPSA) is 60.9 Å². The number of carbonyl (C=O) groups is 2. The molecule has 1 aromatic carbocycles. The van der Waals surface area contributed by atoms with Crippen LogP contribution in [0.25, 0.3) is 0 Å². The molecule has 0 aromatic heterocycles. The minimum Gasteiger partial charge on any atom is -0.478 e. The lowest BCUT2D eigenvalue weighted by Gasteiger charge is -2.26. The Balaban J connectivity index is 2.12. The van der Waals surface area contributed by atoms with Crippen molar-refractivity contribution < 1.29 is 14.7 Å². The number of carboxylic acids is 1. The average Bonchev–Trinajstić information content (AvgIpc) is 2.86. The van der Waals surface area contributed by atoms with Crippen LogP contribution in [0.2, 0.25) is 0 Å². The van der Waals surface area contributed by atoms with E-state index in [1.54, 1.807) is 17.0 Å². The van der Waals surface area contributed by atoms with Gasteiger partial charge in [-0.05, 0) is 36.6 Å². The lowest BCUT2D eigenvalue weighted by atomic mass is 10.1. The summed E-state index contributed by atoms with van der Waals surface area (Å²) in [6.45, 7) is 6.53. The Labute approximate surface area is 118 Å². The van der Waals surface area contributed by atoms with E-state index in [-0.39, 0.29) is 11.6 Å². The molecule has 0 atom stereocenters. The summed E-state index contributed by atoms with van der Waals surface area (Å²) in [5.41, 5.74) is 2.25. The van der Waals surface area contributed by atoms with E-state index in [0.29, 0.717) is 19.6 Å². The van der Waals surface area contributed by atoms with Crippen molar-refractivity contribution in [2.45, 2.75) is 33.4 Å². The van der Waals surface area contributed by atoms with Crippen LogP contribution in [-0.2, 0) is 13.1 Å². The highest BCUT2D eigenvalue weighted by Crippen LogP contribution is 2.25. The first-order chi connectivity index (χ1) is 9.56. The van der Waals surface area contributed by atoms with Crippen LogP contribution in [0.5, 0.6) is 0 Å². The van der Waals surface area contributed by atoms with Gasteiger partial charge in [0.05, 0.1) is 5.56 Å². The number of benzene rings is 1. The Morgan fingerprint density at radius 2 is 1.95 bits per heavy atom. The molecule has 1 heterocycles. The number of aromatic carboxylic acids is 1. The van der Waals surface area contributed by atoms with E-state index in [0.717, 1.165) is 24.1 Å². The van der Waals surface area contributed by atoms with Gasteiger partial charge in [-0.3, -0.25) is 0 Å². The lowest BCUT2D eigenvalue weighted by Crippen LogP contribution is -2.40. The molecule has 1 aliphatic heterocycles. The van der Waals surface area contributed by atoms with Crippen molar-refractivity contribution >= 4 is 12.0 Å². The van der Waals surface area contributed by atoms with Gasteiger partial charge >= 0.3 is 12.0 Å². The maximum Gasteiger partial charge on any atom is 0.335 e. The van der Waals surface area contributed by atoms with Crippen LogP contribution < -0.4 is 0 Å². The van der Waals surface area contributed by atoms with Gasteiger partial charge in [0.1, 0.15) is 0 Å². The molecule has 2 amide bonds. The minimum atomic E-state index is -0.932. The molecule has 2 rings (SSSR count). The molecule has 20 heavy (non-hydrogen) atoms. The van der Waals surface area contributed by atoms with Crippen LogP contribution >= 0.6 is 0 Å². The predicted molar refractivity (Wildman–Crippen MR) is 75.6 cm³/mol. The summed E-state index contributed by atoms with van der Waals surface area (Å²) in [5, 5.41) is 9.00. The summed E-state index contributed by atoms with van der Waals surface area (Å²) in [5.74, 6) is -0.932. The molecule has 0 fully saturated rings. The summed E-state index contributed by atoms with van der Waals surface area (Å²) < 4.78 is 0. The van der Waals surface area contributed by atoms with Crippen LogP contribution in [0.1, 0.15) is 41.8 Å². The number of fused-ring (bicyclic) bond motifs is 1. The molecule has 0 saturated carbocycles. The number of nitrogens with zero attached hydrogens (tertiary/aromatic N) is 2. The third-order valence-electron chi connectivity index (χ3n) is 3.59. The molecule has 1 aromatic rings. The first-order valence-electron chi connectivity index (χ1n) is 6.95. The fourth-order valence-corrected chi connectivity index (χ4v) is 2.52. The fraction of sp³-hybridized carbons (Fsp3) is 0.467. The Morgan fingerprint density at radius 1 is 1.25 bits per heavy atom. The molecule has 5 heteroatoms. The van der Waals surface area contributed by atoms with Gasteiger partial charge in [0.2, 0.25) is 0 Å². The second kappa shape index (κ2) is 5.94. The molecule has 0 aliphatic carbocycles. The van der Waals surface area contributed by atoms with Gasteiger partial charge in [-0.15, -0.1) is 0 Å². The number of amides is 2. The van der Waals surface area contributed by atoms with Gasteiger partial charge in [-0.1, -0.05) is 13.0 Å². The second-order valence-electron chi connectivity index (χ2n) is 5.01. The van der Waals surface area contributed by atoms with Crippen LogP contribution in [0.15, 0.2) is 18.2 Å². The van der Waals surface area contributed by atoms with Crippen molar-refractivity contribution in [1.82, 2.24) is 9.80 Å².